The summed E-state index contributed by atoms with van der Waals surface area (Å²) in [5, 5.41) is 3.03. The van der Waals surface area contributed by atoms with Gasteiger partial charge < -0.3 is 5.32 Å². The van der Waals surface area contributed by atoms with Crippen LogP contribution in [0.1, 0.15) is 76.7 Å². The Hall–Kier alpha value is -1.31. The third-order valence-electron chi connectivity index (χ3n) is 4.09. The Kier molecular flexibility index (Phi) is 11.4. The first-order chi connectivity index (χ1) is 10.8. The molecule has 0 aliphatic carbocycles. The molecule has 1 rings (SSSR count). The highest BCUT2D eigenvalue weighted by atomic mass is 16.1. The largest absolute Gasteiger partial charge is 0.356 e. The molecule has 2 nitrogen and oxygen atoms in total. The van der Waals surface area contributed by atoms with Gasteiger partial charge >= 0.3 is 0 Å². The number of aryl methyl sites for hydroxylation is 1. The van der Waals surface area contributed by atoms with E-state index < -0.39 is 0 Å². The van der Waals surface area contributed by atoms with Crippen LogP contribution in [0.25, 0.3) is 0 Å². The molecule has 0 spiro atoms. The normalized spacial score (nSPS) is 10.6. The van der Waals surface area contributed by atoms with Gasteiger partial charge in [0.1, 0.15) is 0 Å². The quantitative estimate of drug-likeness (QED) is 0.494. The number of amides is 1. The number of benzene rings is 1. The topological polar surface area (TPSA) is 29.1 Å². The Morgan fingerprint density at radius 2 is 1.45 bits per heavy atom. The first-order valence-corrected chi connectivity index (χ1v) is 9.13. The molecular formula is C20H33NO. The standard InChI is InChI=1S/C20H33NO/c1-2-3-4-5-6-7-8-9-13-18-21-20(22)17-16-19-14-11-10-12-15-19/h10-12,14-15H,2-9,13,16-18H2,1H3,(H,21,22). The molecule has 0 fully saturated rings. The SMILES string of the molecule is CCCCCCCCCCCNC(=O)CCc1ccccc1. The zero-order valence-electron chi connectivity index (χ0n) is 14.3. The monoisotopic (exact) mass is 303 g/mol. The van der Waals surface area contributed by atoms with Gasteiger partial charge in [-0.15, -0.1) is 0 Å². The number of hydrogen-bond donors (Lipinski definition) is 1. The van der Waals surface area contributed by atoms with Crippen molar-refractivity contribution in [1.82, 2.24) is 5.32 Å². The molecule has 0 aromatic heterocycles. The second-order valence-corrected chi connectivity index (χ2v) is 6.16. The highest BCUT2D eigenvalue weighted by Crippen LogP contribution is 2.09. The Balaban J connectivity index is 1.87. The van der Waals surface area contributed by atoms with Crippen molar-refractivity contribution in [1.29, 1.82) is 0 Å². The summed E-state index contributed by atoms with van der Waals surface area (Å²) in [4.78, 5) is 11.7. The van der Waals surface area contributed by atoms with Gasteiger partial charge in [0.25, 0.3) is 0 Å². The number of hydrogen-bond acceptors (Lipinski definition) is 1. The van der Waals surface area contributed by atoms with Crippen LogP contribution >= 0.6 is 0 Å². The van der Waals surface area contributed by atoms with Crippen LogP contribution in [0.15, 0.2) is 30.3 Å². The van der Waals surface area contributed by atoms with E-state index in [0.29, 0.717) is 6.42 Å². The summed E-state index contributed by atoms with van der Waals surface area (Å²) >= 11 is 0. The smallest absolute Gasteiger partial charge is 0.220 e. The van der Waals surface area contributed by atoms with E-state index in [2.05, 4.69) is 24.4 Å². The molecule has 22 heavy (non-hydrogen) atoms. The molecule has 0 saturated carbocycles. The van der Waals surface area contributed by atoms with Crippen molar-refractivity contribution >= 4 is 5.91 Å². The Labute approximate surface area is 136 Å². The van der Waals surface area contributed by atoms with Gasteiger partial charge in [-0.3, -0.25) is 4.79 Å². The minimum atomic E-state index is 0.184. The fraction of sp³-hybridized carbons (Fsp3) is 0.650. The minimum Gasteiger partial charge on any atom is -0.356 e. The maximum Gasteiger partial charge on any atom is 0.220 e. The maximum absolute atomic E-state index is 11.7. The van der Waals surface area contributed by atoms with Gasteiger partial charge in [-0.25, -0.2) is 0 Å². The second kappa shape index (κ2) is 13.4. The highest BCUT2D eigenvalue weighted by Gasteiger charge is 2.01. The van der Waals surface area contributed by atoms with E-state index in [1.54, 1.807) is 0 Å². The summed E-state index contributed by atoms with van der Waals surface area (Å²) in [6, 6.07) is 10.2. The lowest BCUT2D eigenvalue weighted by Crippen LogP contribution is -2.24. The molecule has 0 radical (unpaired) electrons. The fourth-order valence-electron chi connectivity index (χ4n) is 2.65. The first kappa shape index (κ1) is 18.7. The summed E-state index contributed by atoms with van der Waals surface area (Å²) in [7, 11) is 0. The zero-order valence-corrected chi connectivity index (χ0v) is 14.3. The van der Waals surface area contributed by atoms with Crippen molar-refractivity contribution in [3.05, 3.63) is 35.9 Å². The summed E-state index contributed by atoms with van der Waals surface area (Å²) in [5.41, 5.74) is 1.24. The Morgan fingerprint density at radius 3 is 2.09 bits per heavy atom. The van der Waals surface area contributed by atoms with Gasteiger partial charge in [0.05, 0.1) is 0 Å². The average Bonchev–Trinajstić information content (AvgIpc) is 2.55. The molecule has 0 atom stereocenters. The van der Waals surface area contributed by atoms with Crippen LogP contribution in [-0.4, -0.2) is 12.5 Å². The summed E-state index contributed by atoms with van der Waals surface area (Å²) < 4.78 is 0. The molecule has 0 heterocycles. The molecule has 0 unspecified atom stereocenters. The van der Waals surface area contributed by atoms with E-state index in [1.807, 2.05) is 18.2 Å². The molecule has 0 saturated heterocycles. The van der Waals surface area contributed by atoms with E-state index in [0.717, 1.165) is 19.4 Å². The molecule has 1 N–H and O–H groups in total. The molecule has 1 amide bonds. The van der Waals surface area contributed by atoms with Crippen LogP contribution in [0.5, 0.6) is 0 Å². The minimum absolute atomic E-state index is 0.184. The van der Waals surface area contributed by atoms with Gasteiger partial charge in [0.15, 0.2) is 0 Å². The highest BCUT2D eigenvalue weighted by molar-refractivity contribution is 5.76. The molecule has 1 aromatic carbocycles. The van der Waals surface area contributed by atoms with Gasteiger partial charge in [0, 0.05) is 13.0 Å². The third-order valence-corrected chi connectivity index (χ3v) is 4.09. The van der Waals surface area contributed by atoms with E-state index in [1.165, 1.54) is 56.9 Å². The number of unbranched alkanes of at least 4 members (excludes halogenated alkanes) is 8. The summed E-state index contributed by atoms with van der Waals surface area (Å²) in [6.45, 7) is 3.09. The van der Waals surface area contributed by atoms with Crippen molar-refractivity contribution in [2.45, 2.75) is 77.6 Å². The average molecular weight is 303 g/mol. The molecule has 0 aliphatic rings. The Morgan fingerprint density at radius 1 is 0.864 bits per heavy atom. The van der Waals surface area contributed by atoms with Crippen LogP contribution in [-0.2, 0) is 11.2 Å². The molecule has 0 aliphatic heterocycles. The first-order valence-electron chi connectivity index (χ1n) is 9.13. The molecular weight excluding hydrogens is 270 g/mol. The van der Waals surface area contributed by atoms with E-state index in [9.17, 15) is 4.79 Å². The second-order valence-electron chi connectivity index (χ2n) is 6.16. The van der Waals surface area contributed by atoms with Crippen molar-refractivity contribution in [2.75, 3.05) is 6.54 Å². The molecule has 0 bridgehead atoms. The number of carbonyl (C=O) groups excluding carboxylic acids is 1. The summed E-state index contributed by atoms with van der Waals surface area (Å²) in [6.07, 6.45) is 13.3. The van der Waals surface area contributed by atoms with E-state index in [-0.39, 0.29) is 5.91 Å². The molecule has 1 aromatic rings. The maximum atomic E-state index is 11.7. The van der Waals surface area contributed by atoms with Crippen molar-refractivity contribution in [3.63, 3.8) is 0 Å². The van der Waals surface area contributed by atoms with Crippen LogP contribution < -0.4 is 5.32 Å². The van der Waals surface area contributed by atoms with Gasteiger partial charge in [-0.05, 0) is 18.4 Å². The lowest BCUT2D eigenvalue weighted by Gasteiger charge is -2.05. The van der Waals surface area contributed by atoms with Crippen LogP contribution in [0, 0.1) is 0 Å². The summed E-state index contributed by atoms with van der Waals surface area (Å²) in [5.74, 6) is 0.184. The van der Waals surface area contributed by atoms with Crippen molar-refractivity contribution in [3.8, 4) is 0 Å². The fourth-order valence-corrected chi connectivity index (χ4v) is 2.65. The van der Waals surface area contributed by atoms with Crippen LogP contribution in [0.3, 0.4) is 0 Å². The predicted octanol–water partition coefficient (Wildman–Crippen LogP) is 5.27. The number of rotatable bonds is 13. The van der Waals surface area contributed by atoms with Gasteiger partial charge in [0.2, 0.25) is 5.91 Å². The third kappa shape index (κ3) is 10.4. The van der Waals surface area contributed by atoms with E-state index in [4.69, 9.17) is 0 Å². The van der Waals surface area contributed by atoms with Crippen LogP contribution in [0.4, 0.5) is 0 Å². The molecule has 124 valence electrons. The number of carbonyl (C=O) groups is 1. The predicted molar refractivity (Wildman–Crippen MR) is 95.0 cm³/mol. The van der Waals surface area contributed by atoms with Crippen molar-refractivity contribution < 1.29 is 4.79 Å². The van der Waals surface area contributed by atoms with Crippen LogP contribution in [0.2, 0.25) is 0 Å². The van der Waals surface area contributed by atoms with Crippen molar-refractivity contribution in [2.24, 2.45) is 0 Å². The zero-order chi connectivity index (χ0) is 15.9. The number of nitrogens with one attached hydrogen (secondary N) is 1. The van der Waals surface area contributed by atoms with E-state index >= 15 is 0 Å². The van der Waals surface area contributed by atoms with Gasteiger partial charge in [-0.1, -0.05) is 88.6 Å². The van der Waals surface area contributed by atoms with Gasteiger partial charge in [-0.2, -0.15) is 0 Å². The lowest BCUT2D eigenvalue weighted by molar-refractivity contribution is -0.121. The Bertz CT molecular complexity index is 375. The lowest BCUT2D eigenvalue weighted by atomic mass is 10.1. The molecule has 2 heteroatoms.